The monoisotopic (exact) mass is 332 g/mol. The van der Waals surface area contributed by atoms with E-state index in [0.29, 0.717) is 12.1 Å². The molecule has 3 nitrogen and oxygen atoms in total. The molecule has 0 saturated carbocycles. The van der Waals surface area contributed by atoms with Crippen molar-refractivity contribution >= 4 is 27.3 Å². The summed E-state index contributed by atoms with van der Waals surface area (Å²) in [5.41, 5.74) is 6.20. The first-order chi connectivity index (χ1) is 8.59. The van der Waals surface area contributed by atoms with Crippen molar-refractivity contribution in [1.82, 2.24) is 4.90 Å². The molecule has 1 saturated heterocycles. The van der Waals surface area contributed by atoms with Crippen molar-refractivity contribution < 1.29 is 4.74 Å². The van der Waals surface area contributed by atoms with Gasteiger partial charge in [-0.1, -0.05) is 0 Å². The number of nitrogens with zero attached hydrogens (tertiary/aromatic N) is 1. The molecule has 18 heavy (non-hydrogen) atoms. The summed E-state index contributed by atoms with van der Waals surface area (Å²) in [6, 6.07) is 5.29. The first kappa shape index (κ1) is 14.5. The predicted octanol–water partition coefficient (Wildman–Crippen LogP) is 3.01. The fraction of sp³-hybridized carbons (Fsp3) is 0.692. The van der Waals surface area contributed by atoms with Crippen molar-refractivity contribution in [3.8, 4) is 0 Å². The van der Waals surface area contributed by atoms with Crippen LogP contribution < -0.4 is 5.73 Å². The van der Waals surface area contributed by atoms with Gasteiger partial charge in [-0.25, -0.2) is 0 Å². The number of rotatable bonds is 4. The van der Waals surface area contributed by atoms with Crippen LogP contribution in [0, 0.1) is 0 Å². The molecule has 1 fully saturated rings. The van der Waals surface area contributed by atoms with E-state index in [9.17, 15) is 0 Å². The third-order valence-electron chi connectivity index (χ3n) is 3.59. The van der Waals surface area contributed by atoms with Crippen molar-refractivity contribution in [1.29, 1.82) is 0 Å². The van der Waals surface area contributed by atoms with Crippen molar-refractivity contribution in [2.45, 2.75) is 37.9 Å². The minimum absolute atomic E-state index is 0.128. The summed E-state index contributed by atoms with van der Waals surface area (Å²) in [7, 11) is 2.19. The van der Waals surface area contributed by atoms with Crippen LogP contribution in [0.25, 0.3) is 0 Å². The van der Waals surface area contributed by atoms with Gasteiger partial charge in [0.1, 0.15) is 0 Å². The summed E-state index contributed by atoms with van der Waals surface area (Å²) in [6.45, 7) is 3.83. The highest BCUT2D eigenvalue weighted by Crippen LogP contribution is 2.34. The van der Waals surface area contributed by atoms with E-state index in [1.54, 1.807) is 11.3 Å². The van der Waals surface area contributed by atoms with Gasteiger partial charge in [-0.15, -0.1) is 11.3 Å². The summed E-state index contributed by atoms with van der Waals surface area (Å²) < 4.78 is 6.61. The Morgan fingerprint density at radius 3 is 2.61 bits per heavy atom. The molecule has 1 aliphatic rings. The average Bonchev–Trinajstić information content (AvgIpc) is 2.76. The van der Waals surface area contributed by atoms with E-state index >= 15 is 0 Å². The maximum atomic E-state index is 6.20. The molecule has 5 heteroatoms. The van der Waals surface area contributed by atoms with Crippen LogP contribution in [0.2, 0.25) is 0 Å². The molecular formula is C13H21BrN2OS. The number of halogens is 1. The Hall–Kier alpha value is 0.0600. The van der Waals surface area contributed by atoms with Gasteiger partial charge in [-0.2, -0.15) is 0 Å². The van der Waals surface area contributed by atoms with Crippen LogP contribution in [0.1, 0.15) is 30.7 Å². The molecule has 1 aliphatic heterocycles. The first-order valence-corrected chi connectivity index (χ1v) is 8.01. The van der Waals surface area contributed by atoms with Crippen molar-refractivity contribution in [3.63, 3.8) is 0 Å². The second-order valence-electron chi connectivity index (χ2n) is 4.95. The van der Waals surface area contributed by atoms with Crippen LogP contribution in [-0.4, -0.2) is 37.2 Å². The molecule has 0 spiro atoms. The van der Waals surface area contributed by atoms with E-state index in [2.05, 4.69) is 46.9 Å². The second-order valence-corrected chi connectivity index (χ2v) is 7.45. The zero-order valence-electron chi connectivity index (χ0n) is 10.9. The third kappa shape index (κ3) is 3.33. The summed E-state index contributed by atoms with van der Waals surface area (Å²) in [5, 5.41) is 0. The molecule has 2 unspecified atom stereocenters. The maximum absolute atomic E-state index is 6.20. The zero-order chi connectivity index (χ0) is 13.1. The Balaban J connectivity index is 2.13. The highest BCUT2D eigenvalue weighted by atomic mass is 79.9. The van der Waals surface area contributed by atoms with Crippen LogP contribution in [0.15, 0.2) is 15.9 Å². The number of ether oxygens (including phenoxy) is 1. The Labute approximate surface area is 121 Å². The van der Waals surface area contributed by atoms with E-state index < -0.39 is 0 Å². The van der Waals surface area contributed by atoms with Gasteiger partial charge in [0.25, 0.3) is 0 Å². The molecule has 2 N–H and O–H groups in total. The second kappa shape index (κ2) is 6.48. The summed E-state index contributed by atoms with van der Waals surface area (Å²) in [5.74, 6) is 0. The SMILES string of the molecule is CC(N)C(c1ccc(Br)s1)N(C)C1CCOCC1. The molecule has 0 bridgehead atoms. The normalized spacial score (nSPS) is 21.2. The Morgan fingerprint density at radius 1 is 1.44 bits per heavy atom. The summed E-state index contributed by atoms with van der Waals surface area (Å²) in [4.78, 5) is 3.77. The maximum Gasteiger partial charge on any atom is 0.0702 e. The molecule has 2 heterocycles. The van der Waals surface area contributed by atoms with Gasteiger partial charge in [0.15, 0.2) is 0 Å². The topological polar surface area (TPSA) is 38.5 Å². The summed E-state index contributed by atoms with van der Waals surface area (Å²) >= 11 is 5.31. The fourth-order valence-electron chi connectivity index (χ4n) is 2.64. The molecule has 1 aromatic rings. The molecule has 0 aliphatic carbocycles. The van der Waals surface area contributed by atoms with Crippen LogP contribution in [0.4, 0.5) is 0 Å². The number of thiophene rings is 1. The molecule has 0 amide bonds. The predicted molar refractivity (Wildman–Crippen MR) is 80.0 cm³/mol. The van der Waals surface area contributed by atoms with Gasteiger partial charge in [-0.3, -0.25) is 4.90 Å². The average molecular weight is 333 g/mol. The lowest BCUT2D eigenvalue weighted by Gasteiger charge is -2.38. The largest absolute Gasteiger partial charge is 0.381 e. The minimum Gasteiger partial charge on any atom is -0.381 e. The van der Waals surface area contributed by atoms with Crippen molar-refractivity contribution in [2.75, 3.05) is 20.3 Å². The lowest BCUT2D eigenvalue weighted by Crippen LogP contribution is -2.44. The third-order valence-corrected chi connectivity index (χ3v) is 5.28. The fourth-order valence-corrected chi connectivity index (χ4v) is 4.33. The highest BCUT2D eigenvalue weighted by Gasteiger charge is 2.29. The van der Waals surface area contributed by atoms with Crippen LogP contribution >= 0.6 is 27.3 Å². The van der Waals surface area contributed by atoms with E-state index in [1.165, 1.54) is 8.66 Å². The van der Waals surface area contributed by atoms with Gasteiger partial charge in [0, 0.05) is 30.2 Å². The van der Waals surface area contributed by atoms with E-state index in [4.69, 9.17) is 10.5 Å². The summed E-state index contributed by atoms with van der Waals surface area (Å²) in [6.07, 6.45) is 2.21. The Morgan fingerprint density at radius 2 is 2.11 bits per heavy atom. The van der Waals surface area contributed by atoms with E-state index in [0.717, 1.165) is 26.1 Å². The van der Waals surface area contributed by atoms with Gasteiger partial charge in [0.05, 0.1) is 9.83 Å². The highest BCUT2D eigenvalue weighted by molar-refractivity contribution is 9.11. The number of nitrogens with two attached hydrogens (primary N) is 1. The van der Waals surface area contributed by atoms with Crippen molar-refractivity contribution in [3.05, 3.63) is 20.8 Å². The molecule has 0 radical (unpaired) electrons. The Bertz CT molecular complexity index is 377. The van der Waals surface area contributed by atoms with E-state index in [1.807, 2.05) is 0 Å². The quantitative estimate of drug-likeness (QED) is 0.921. The van der Waals surface area contributed by atoms with Gasteiger partial charge in [-0.05, 0) is 54.9 Å². The number of likely N-dealkylation sites (N-methyl/N-ethyl adjacent to an activating group) is 1. The molecule has 2 rings (SSSR count). The van der Waals surface area contributed by atoms with Gasteiger partial charge < -0.3 is 10.5 Å². The smallest absolute Gasteiger partial charge is 0.0702 e. The van der Waals surface area contributed by atoms with Gasteiger partial charge in [0.2, 0.25) is 0 Å². The molecule has 0 aromatic carbocycles. The van der Waals surface area contributed by atoms with Crippen LogP contribution in [0.5, 0.6) is 0 Å². The van der Waals surface area contributed by atoms with Crippen molar-refractivity contribution in [2.24, 2.45) is 5.73 Å². The van der Waals surface area contributed by atoms with E-state index in [-0.39, 0.29) is 6.04 Å². The molecule has 1 aromatic heterocycles. The lowest BCUT2D eigenvalue weighted by atomic mass is 10.0. The Kier molecular flexibility index (Phi) is 5.21. The minimum atomic E-state index is 0.128. The standard InChI is InChI=1S/C13H21BrN2OS/c1-9(15)13(11-3-4-12(14)18-11)16(2)10-5-7-17-8-6-10/h3-4,9-10,13H,5-8,15H2,1-2H3. The number of hydrogen-bond acceptors (Lipinski definition) is 4. The lowest BCUT2D eigenvalue weighted by molar-refractivity contribution is 0.0252. The molecular weight excluding hydrogens is 312 g/mol. The number of hydrogen-bond donors (Lipinski definition) is 1. The first-order valence-electron chi connectivity index (χ1n) is 6.40. The molecule has 102 valence electrons. The van der Waals surface area contributed by atoms with Crippen LogP contribution in [-0.2, 0) is 4.74 Å². The van der Waals surface area contributed by atoms with Crippen LogP contribution in [0.3, 0.4) is 0 Å². The van der Waals surface area contributed by atoms with Gasteiger partial charge >= 0.3 is 0 Å². The zero-order valence-corrected chi connectivity index (χ0v) is 13.3. The molecule has 2 atom stereocenters.